The Balaban J connectivity index is 3.20. The predicted molar refractivity (Wildman–Crippen MR) is 54.8 cm³/mol. The Kier molecular flexibility index (Phi) is 3.55. The highest BCUT2D eigenvalue weighted by Crippen LogP contribution is 2.34. The number of aromatic hydroxyl groups is 1. The summed E-state index contributed by atoms with van der Waals surface area (Å²) in [6.45, 7) is 0.0420. The van der Waals surface area contributed by atoms with Gasteiger partial charge < -0.3 is 15.9 Å². The molecular weight excluding hydrogens is 257 g/mol. The quantitative estimate of drug-likeness (QED) is 0.765. The molecule has 0 aliphatic carbocycles. The highest BCUT2D eigenvalue weighted by molar-refractivity contribution is 9.10. The van der Waals surface area contributed by atoms with Crippen LogP contribution in [0.5, 0.6) is 5.75 Å². The Hall–Kier alpha value is -0.290. The molecule has 1 aromatic carbocycles. The number of aliphatic hydroxyl groups is 1. The number of halogens is 2. The molecule has 4 N–H and O–H groups in total. The molecule has 72 valence electrons. The minimum Gasteiger partial charge on any atom is -0.506 e. The molecule has 5 heteroatoms. The molecule has 0 fully saturated rings. The maximum atomic E-state index is 9.50. The van der Waals surface area contributed by atoms with Crippen LogP contribution in [-0.4, -0.2) is 16.8 Å². The smallest absolute Gasteiger partial charge is 0.135 e. The van der Waals surface area contributed by atoms with Gasteiger partial charge >= 0.3 is 0 Å². The van der Waals surface area contributed by atoms with E-state index in [-0.39, 0.29) is 12.3 Å². The third kappa shape index (κ3) is 2.34. The van der Waals surface area contributed by atoms with Crippen LogP contribution in [0.3, 0.4) is 0 Å². The van der Waals surface area contributed by atoms with E-state index in [1.807, 2.05) is 0 Å². The van der Waals surface area contributed by atoms with E-state index in [1.54, 1.807) is 6.07 Å². The Morgan fingerprint density at radius 1 is 1.54 bits per heavy atom. The van der Waals surface area contributed by atoms with Crippen LogP contribution in [0.4, 0.5) is 0 Å². The summed E-state index contributed by atoms with van der Waals surface area (Å²) >= 11 is 8.84. The highest BCUT2D eigenvalue weighted by Gasteiger charge is 2.13. The van der Waals surface area contributed by atoms with Crippen LogP contribution in [0, 0.1) is 0 Å². The van der Waals surface area contributed by atoms with Crippen LogP contribution in [0.1, 0.15) is 11.7 Å². The lowest BCUT2D eigenvalue weighted by Crippen LogP contribution is -2.11. The molecule has 0 bridgehead atoms. The van der Waals surface area contributed by atoms with E-state index < -0.39 is 6.10 Å². The van der Waals surface area contributed by atoms with Crippen LogP contribution < -0.4 is 5.73 Å². The van der Waals surface area contributed by atoms with Gasteiger partial charge in [-0.2, -0.15) is 0 Å². The standard InChI is InChI=1S/C8H9BrClNO2/c9-6-2-4(10)1-5(8(6)13)7(12)3-11/h1-2,7,12-13H,3,11H2/t7-/m0/s1. The minimum absolute atomic E-state index is 0.0256. The van der Waals surface area contributed by atoms with Crippen molar-refractivity contribution < 1.29 is 10.2 Å². The zero-order chi connectivity index (χ0) is 10.0. The number of hydrogen-bond donors (Lipinski definition) is 3. The van der Waals surface area contributed by atoms with Crippen molar-refractivity contribution in [1.82, 2.24) is 0 Å². The molecule has 0 aromatic heterocycles. The van der Waals surface area contributed by atoms with Crippen LogP contribution in [-0.2, 0) is 0 Å². The highest BCUT2D eigenvalue weighted by atomic mass is 79.9. The van der Waals surface area contributed by atoms with Gasteiger partial charge in [0.2, 0.25) is 0 Å². The number of nitrogens with two attached hydrogens (primary N) is 1. The summed E-state index contributed by atoms with van der Waals surface area (Å²) in [5.41, 5.74) is 5.59. The monoisotopic (exact) mass is 265 g/mol. The third-order valence-electron chi connectivity index (χ3n) is 1.64. The Labute approximate surface area is 89.3 Å². The lowest BCUT2D eigenvalue weighted by molar-refractivity contribution is 0.182. The number of phenols is 1. The van der Waals surface area contributed by atoms with Crippen molar-refractivity contribution in [2.45, 2.75) is 6.10 Å². The molecule has 0 amide bonds. The Morgan fingerprint density at radius 3 is 2.69 bits per heavy atom. The average Bonchev–Trinajstić information content (AvgIpc) is 2.10. The van der Waals surface area contributed by atoms with Gasteiger partial charge in [0.25, 0.3) is 0 Å². The SMILES string of the molecule is NC[C@H](O)c1cc(Cl)cc(Br)c1O. The fraction of sp³-hybridized carbons (Fsp3) is 0.250. The molecule has 3 nitrogen and oxygen atoms in total. The molecule has 0 saturated carbocycles. The Morgan fingerprint density at radius 2 is 2.15 bits per heavy atom. The number of benzene rings is 1. The first-order valence-corrected chi connectivity index (χ1v) is 4.79. The average molecular weight is 267 g/mol. The van der Waals surface area contributed by atoms with Gasteiger partial charge in [0.05, 0.1) is 10.6 Å². The van der Waals surface area contributed by atoms with Crippen molar-refractivity contribution in [2.75, 3.05) is 6.54 Å². The molecule has 0 radical (unpaired) electrons. The van der Waals surface area contributed by atoms with Crippen molar-refractivity contribution in [3.63, 3.8) is 0 Å². The van der Waals surface area contributed by atoms with Crippen molar-refractivity contribution in [2.24, 2.45) is 5.73 Å². The fourth-order valence-corrected chi connectivity index (χ4v) is 1.80. The van der Waals surface area contributed by atoms with Crippen LogP contribution in [0.25, 0.3) is 0 Å². The van der Waals surface area contributed by atoms with Crippen LogP contribution in [0.2, 0.25) is 5.02 Å². The summed E-state index contributed by atoms with van der Waals surface area (Å²) in [6.07, 6.45) is -0.894. The molecule has 0 heterocycles. The predicted octanol–water partition coefficient (Wildman–Crippen LogP) is 1.80. The second kappa shape index (κ2) is 4.28. The van der Waals surface area contributed by atoms with Gasteiger partial charge in [-0.1, -0.05) is 11.6 Å². The van der Waals surface area contributed by atoms with Crippen molar-refractivity contribution >= 4 is 27.5 Å². The lowest BCUT2D eigenvalue weighted by atomic mass is 10.1. The topological polar surface area (TPSA) is 66.5 Å². The number of rotatable bonds is 2. The summed E-state index contributed by atoms with van der Waals surface area (Å²) in [5.74, 6) is -0.0256. The van der Waals surface area contributed by atoms with Crippen molar-refractivity contribution in [1.29, 1.82) is 0 Å². The van der Waals surface area contributed by atoms with Crippen molar-refractivity contribution in [3.05, 3.63) is 27.2 Å². The van der Waals surface area contributed by atoms with Crippen molar-refractivity contribution in [3.8, 4) is 5.75 Å². The fourth-order valence-electron chi connectivity index (χ4n) is 0.967. The van der Waals surface area contributed by atoms with Gasteiger partial charge in [-0.05, 0) is 28.1 Å². The molecule has 1 atom stereocenters. The summed E-state index contributed by atoms with van der Waals surface area (Å²) in [7, 11) is 0. The van der Waals surface area contributed by atoms with E-state index in [0.717, 1.165) is 0 Å². The first kappa shape index (κ1) is 10.8. The molecule has 0 aliphatic rings. The molecule has 0 aliphatic heterocycles. The van der Waals surface area contributed by atoms with E-state index in [1.165, 1.54) is 6.07 Å². The van der Waals surface area contributed by atoms with Gasteiger partial charge in [0.15, 0.2) is 0 Å². The van der Waals surface area contributed by atoms with E-state index in [0.29, 0.717) is 15.1 Å². The maximum absolute atomic E-state index is 9.50. The largest absolute Gasteiger partial charge is 0.506 e. The number of phenolic OH excluding ortho intramolecular Hbond substituents is 1. The molecular formula is C8H9BrClNO2. The van der Waals surface area contributed by atoms with Crippen LogP contribution >= 0.6 is 27.5 Å². The Bertz CT molecular complexity index is 319. The third-order valence-corrected chi connectivity index (χ3v) is 2.46. The second-order valence-electron chi connectivity index (χ2n) is 2.58. The first-order valence-electron chi connectivity index (χ1n) is 3.62. The maximum Gasteiger partial charge on any atom is 0.135 e. The summed E-state index contributed by atoms with van der Waals surface area (Å²) in [5, 5.41) is 19.3. The zero-order valence-electron chi connectivity index (χ0n) is 6.67. The van der Waals surface area contributed by atoms with E-state index in [4.69, 9.17) is 17.3 Å². The zero-order valence-corrected chi connectivity index (χ0v) is 9.01. The van der Waals surface area contributed by atoms with Gasteiger partial charge in [0.1, 0.15) is 5.75 Å². The van der Waals surface area contributed by atoms with Gasteiger partial charge in [-0.3, -0.25) is 0 Å². The van der Waals surface area contributed by atoms with Crippen LogP contribution in [0.15, 0.2) is 16.6 Å². The van der Waals surface area contributed by atoms with E-state index in [9.17, 15) is 10.2 Å². The normalized spacial score (nSPS) is 12.9. The minimum atomic E-state index is -0.894. The molecule has 1 rings (SSSR count). The van der Waals surface area contributed by atoms with Gasteiger partial charge in [0, 0.05) is 17.1 Å². The molecule has 0 unspecified atom stereocenters. The summed E-state index contributed by atoms with van der Waals surface area (Å²) in [6, 6.07) is 3.03. The van der Waals surface area contributed by atoms with E-state index in [2.05, 4.69) is 15.9 Å². The van der Waals surface area contributed by atoms with Gasteiger partial charge in [-0.25, -0.2) is 0 Å². The van der Waals surface area contributed by atoms with Gasteiger partial charge in [-0.15, -0.1) is 0 Å². The number of hydrogen-bond acceptors (Lipinski definition) is 3. The lowest BCUT2D eigenvalue weighted by Gasteiger charge is -2.11. The first-order chi connectivity index (χ1) is 6.06. The summed E-state index contributed by atoms with van der Waals surface area (Å²) < 4.78 is 0.447. The molecule has 1 aromatic rings. The molecule has 0 saturated heterocycles. The second-order valence-corrected chi connectivity index (χ2v) is 3.87. The molecule has 13 heavy (non-hydrogen) atoms. The molecule has 0 spiro atoms. The summed E-state index contributed by atoms with van der Waals surface area (Å²) in [4.78, 5) is 0. The van der Waals surface area contributed by atoms with E-state index >= 15 is 0 Å². The number of aliphatic hydroxyl groups excluding tert-OH is 1.